The van der Waals surface area contributed by atoms with Crippen molar-refractivity contribution in [1.29, 1.82) is 0 Å². The van der Waals surface area contributed by atoms with Crippen LogP contribution in [0.2, 0.25) is 0 Å². The number of carbonyl (C=O) groups is 1. The van der Waals surface area contributed by atoms with Crippen LogP contribution in [0.4, 0.5) is 0 Å². The van der Waals surface area contributed by atoms with Crippen molar-refractivity contribution >= 4 is 16.9 Å². The van der Waals surface area contributed by atoms with E-state index in [4.69, 9.17) is 9.15 Å². The number of phenols is 1. The SMILES string of the molecule is CC(C)c1ccc(O)c2oc(C(=O)N[C@H]3CCOc4ccccc43)cc12. The van der Waals surface area contributed by atoms with E-state index in [-0.39, 0.29) is 29.4 Å². The maximum atomic E-state index is 12.8. The predicted octanol–water partition coefficient (Wildman–Crippen LogP) is 4.52. The third-order valence-corrected chi connectivity index (χ3v) is 4.81. The molecule has 2 aromatic carbocycles. The Morgan fingerprint density at radius 2 is 2.04 bits per heavy atom. The number of amides is 1. The summed E-state index contributed by atoms with van der Waals surface area (Å²) in [4.78, 5) is 12.8. The van der Waals surface area contributed by atoms with Crippen molar-refractivity contribution < 1.29 is 19.1 Å². The highest BCUT2D eigenvalue weighted by atomic mass is 16.5. The lowest BCUT2D eigenvalue weighted by molar-refractivity contribution is 0.0899. The van der Waals surface area contributed by atoms with Crippen LogP contribution in [0.25, 0.3) is 11.0 Å². The molecule has 1 atom stereocenters. The first-order chi connectivity index (χ1) is 12.5. The van der Waals surface area contributed by atoms with Crippen LogP contribution in [-0.2, 0) is 0 Å². The van der Waals surface area contributed by atoms with E-state index >= 15 is 0 Å². The third kappa shape index (κ3) is 2.79. The maximum Gasteiger partial charge on any atom is 0.287 e. The second kappa shape index (κ2) is 6.41. The number of ether oxygens (including phenoxy) is 1. The Labute approximate surface area is 151 Å². The van der Waals surface area contributed by atoms with Crippen LogP contribution in [0.1, 0.15) is 53.9 Å². The van der Waals surface area contributed by atoms with Gasteiger partial charge in [-0.1, -0.05) is 38.1 Å². The molecule has 0 spiro atoms. The van der Waals surface area contributed by atoms with Crippen LogP contribution < -0.4 is 10.1 Å². The van der Waals surface area contributed by atoms with E-state index in [1.165, 1.54) is 0 Å². The van der Waals surface area contributed by atoms with Crippen LogP contribution in [0.5, 0.6) is 11.5 Å². The van der Waals surface area contributed by atoms with Gasteiger partial charge in [-0.25, -0.2) is 0 Å². The maximum absolute atomic E-state index is 12.8. The molecule has 5 heteroatoms. The molecule has 4 rings (SSSR count). The standard InChI is InChI=1S/C21H21NO4/c1-12(2)13-7-8-17(23)20-15(13)11-19(26-20)21(24)22-16-9-10-25-18-6-4-3-5-14(16)18/h3-8,11-12,16,23H,9-10H2,1-2H3,(H,22,24)/t16-/m0/s1. The molecule has 1 amide bonds. The molecule has 0 unspecified atom stereocenters. The quantitative estimate of drug-likeness (QED) is 0.728. The first-order valence-corrected chi connectivity index (χ1v) is 8.82. The van der Waals surface area contributed by atoms with Gasteiger partial charge in [0.2, 0.25) is 0 Å². The van der Waals surface area contributed by atoms with E-state index in [1.807, 2.05) is 30.3 Å². The Hall–Kier alpha value is -2.95. The molecule has 0 bridgehead atoms. The molecule has 5 nitrogen and oxygen atoms in total. The number of nitrogens with one attached hydrogen (secondary N) is 1. The second-order valence-electron chi connectivity index (χ2n) is 6.88. The van der Waals surface area contributed by atoms with Crippen molar-refractivity contribution in [1.82, 2.24) is 5.32 Å². The van der Waals surface area contributed by atoms with Gasteiger partial charge in [0.25, 0.3) is 5.91 Å². The van der Waals surface area contributed by atoms with E-state index in [1.54, 1.807) is 12.1 Å². The van der Waals surface area contributed by atoms with Crippen molar-refractivity contribution in [2.45, 2.75) is 32.2 Å². The monoisotopic (exact) mass is 351 g/mol. The van der Waals surface area contributed by atoms with Gasteiger partial charge >= 0.3 is 0 Å². The fraction of sp³-hybridized carbons (Fsp3) is 0.286. The second-order valence-corrected chi connectivity index (χ2v) is 6.88. The lowest BCUT2D eigenvalue weighted by Crippen LogP contribution is -2.31. The fourth-order valence-electron chi connectivity index (χ4n) is 3.47. The van der Waals surface area contributed by atoms with E-state index in [0.717, 1.165) is 22.3 Å². The summed E-state index contributed by atoms with van der Waals surface area (Å²) in [6.07, 6.45) is 0.700. The highest BCUT2D eigenvalue weighted by Gasteiger charge is 2.25. The summed E-state index contributed by atoms with van der Waals surface area (Å²) in [5.41, 5.74) is 2.36. The summed E-state index contributed by atoms with van der Waals surface area (Å²) in [6.45, 7) is 4.69. The van der Waals surface area contributed by atoms with Crippen molar-refractivity contribution in [2.24, 2.45) is 0 Å². The molecular formula is C21H21NO4. The summed E-state index contributed by atoms with van der Waals surface area (Å²) < 4.78 is 11.3. The number of benzene rings is 2. The number of para-hydroxylation sites is 1. The topological polar surface area (TPSA) is 71.7 Å². The molecule has 0 fully saturated rings. The molecule has 2 heterocycles. The third-order valence-electron chi connectivity index (χ3n) is 4.81. The highest BCUT2D eigenvalue weighted by molar-refractivity contribution is 5.98. The molecule has 3 aromatic rings. The number of furan rings is 1. The van der Waals surface area contributed by atoms with Crippen molar-refractivity contribution in [3.05, 3.63) is 59.4 Å². The number of aromatic hydroxyl groups is 1. The molecule has 1 aliphatic heterocycles. The lowest BCUT2D eigenvalue weighted by atomic mass is 9.99. The van der Waals surface area contributed by atoms with Gasteiger partial charge in [0.1, 0.15) is 5.75 Å². The summed E-state index contributed by atoms with van der Waals surface area (Å²) in [5.74, 6) is 1.01. The molecule has 2 N–H and O–H groups in total. The lowest BCUT2D eigenvalue weighted by Gasteiger charge is -2.26. The Balaban J connectivity index is 1.66. The molecular weight excluding hydrogens is 330 g/mol. The number of carbonyl (C=O) groups excluding carboxylic acids is 1. The summed E-state index contributed by atoms with van der Waals surface area (Å²) in [5, 5.41) is 13.9. The van der Waals surface area contributed by atoms with Gasteiger partial charge in [-0.2, -0.15) is 0 Å². The molecule has 1 aliphatic rings. The van der Waals surface area contributed by atoms with E-state index < -0.39 is 0 Å². The van der Waals surface area contributed by atoms with Crippen LogP contribution in [0, 0.1) is 0 Å². The van der Waals surface area contributed by atoms with Gasteiger partial charge in [0, 0.05) is 17.4 Å². The van der Waals surface area contributed by atoms with Gasteiger partial charge < -0.3 is 19.6 Å². The van der Waals surface area contributed by atoms with Gasteiger partial charge in [-0.3, -0.25) is 4.79 Å². The summed E-state index contributed by atoms with van der Waals surface area (Å²) in [7, 11) is 0. The normalized spacial score (nSPS) is 16.3. The molecule has 1 aromatic heterocycles. The Morgan fingerprint density at radius 1 is 1.23 bits per heavy atom. The summed E-state index contributed by atoms with van der Waals surface area (Å²) in [6, 6.07) is 12.8. The zero-order valence-corrected chi connectivity index (χ0v) is 14.8. The average molecular weight is 351 g/mol. The molecule has 0 radical (unpaired) electrons. The fourth-order valence-corrected chi connectivity index (χ4v) is 3.47. The number of fused-ring (bicyclic) bond motifs is 2. The number of hydrogen-bond acceptors (Lipinski definition) is 4. The highest BCUT2D eigenvalue weighted by Crippen LogP contribution is 2.35. The minimum Gasteiger partial charge on any atom is -0.504 e. The molecule has 0 aliphatic carbocycles. The van der Waals surface area contributed by atoms with Crippen molar-refractivity contribution in [3.8, 4) is 11.5 Å². The van der Waals surface area contributed by atoms with Crippen LogP contribution in [0.15, 0.2) is 46.9 Å². The van der Waals surface area contributed by atoms with Gasteiger partial charge in [-0.15, -0.1) is 0 Å². The average Bonchev–Trinajstić information content (AvgIpc) is 3.08. The van der Waals surface area contributed by atoms with Crippen LogP contribution >= 0.6 is 0 Å². The minimum atomic E-state index is -0.294. The van der Waals surface area contributed by atoms with E-state index in [2.05, 4.69) is 19.2 Å². The Bertz CT molecular complexity index is 973. The smallest absolute Gasteiger partial charge is 0.287 e. The molecule has 0 saturated heterocycles. The largest absolute Gasteiger partial charge is 0.504 e. The van der Waals surface area contributed by atoms with E-state index in [9.17, 15) is 9.90 Å². The minimum absolute atomic E-state index is 0.0415. The van der Waals surface area contributed by atoms with Gasteiger partial charge in [-0.05, 0) is 29.7 Å². The summed E-state index contributed by atoms with van der Waals surface area (Å²) >= 11 is 0. The first-order valence-electron chi connectivity index (χ1n) is 8.82. The molecule has 0 saturated carbocycles. The zero-order valence-electron chi connectivity index (χ0n) is 14.8. The predicted molar refractivity (Wildman–Crippen MR) is 98.7 cm³/mol. The van der Waals surface area contributed by atoms with Gasteiger partial charge in [0.05, 0.1) is 12.6 Å². The first kappa shape index (κ1) is 16.5. The molecule has 26 heavy (non-hydrogen) atoms. The van der Waals surface area contributed by atoms with Crippen LogP contribution in [0.3, 0.4) is 0 Å². The van der Waals surface area contributed by atoms with Crippen molar-refractivity contribution in [3.63, 3.8) is 0 Å². The number of hydrogen-bond donors (Lipinski definition) is 2. The molecule has 134 valence electrons. The van der Waals surface area contributed by atoms with Crippen molar-refractivity contribution in [2.75, 3.05) is 6.61 Å². The Morgan fingerprint density at radius 3 is 2.85 bits per heavy atom. The van der Waals surface area contributed by atoms with Gasteiger partial charge in [0.15, 0.2) is 17.1 Å². The zero-order chi connectivity index (χ0) is 18.3. The Kier molecular flexibility index (Phi) is 4.07. The van der Waals surface area contributed by atoms with E-state index in [0.29, 0.717) is 18.6 Å². The van der Waals surface area contributed by atoms with Crippen LogP contribution in [-0.4, -0.2) is 17.6 Å². The number of phenolic OH excluding ortho intramolecular Hbond substituents is 1. The number of rotatable bonds is 3.